The number of nitrogens with one attached hydrogen (secondary N) is 2. The van der Waals surface area contributed by atoms with Crippen LogP contribution in [0.5, 0.6) is 0 Å². The van der Waals surface area contributed by atoms with Crippen molar-refractivity contribution in [3.63, 3.8) is 0 Å². The van der Waals surface area contributed by atoms with Gasteiger partial charge in [0.1, 0.15) is 53.9 Å². The van der Waals surface area contributed by atoms with E-state index in [1.165, 1.54) is 52.0 Å². The number of Topliss-reactive ketones (excluding diaryl/α,β-unsaturated/α-hetero) is 2. The van der Waals surface area contributed by atoms with Gasteiger partial charge in [-0.2, -0.15) is 0 Å². The maximum absolute atomic E-state index is 15.4. The first kappa shape index (κ1) is 87.8. The Morgan fingerprint density at radius 3 is 1.21 bits per heavy atom. The molecule has 6 aliphatic carbocycles. The van der Waals surface area contributed by atoms with Crippen molar-refractivity contribution < 1.29 is 131 Å². The minimum atomic E-state index is -2.38. The van der Waals surface area contributed by atoms with E-state index in [-0.39, 0.29) is 65.0 Å². The van der Waals surface area contributed by atoms with Crippen LogP contribution in [0.1, 0.15) is 170 Å². The Morgan fingerprint density at radius 1 is 0.479 bits per heavy atom. The van der Waals surface area contributed by atoms with Gasteiger partial charge in [0, 0.05) is 68.4 Å². The summed E-state index contributed by atoms with van der Waals surface area (Å²) in [6, 6.07) is 37.9. The monoisotopic (exact) mass is 1640 g/mol. The fraction of sp³-hybridized carbons (Fsp3) is 0.478. The van der Waals surface area contributed by atoms with Gasteiger partial charge in [-0.25, -0.2) is 19.2 Å². The predicted octanol–water partition coefficient (Wildman–Crippen LogP) is 6.55. The van der Waals surface area contributed by atoms with Crippen LogP contribution in [-0.2, 0) is 81.0 Å². The number of carbonyl (C=O) groups excluding carboxylic acids is 11. The van der Waals surface area contributed by atoms with E-state index in [0.29, 0.717) is 16.7 Å². The number of allylic oxidation sites excluding steroid dienone is 1. The number of ether oxygens (including phenoxy) is 9. The summed E-state index contributed by atoms with van der Waals surface area (Å²) in [6.07, 6.45) is -19.4. The number of ketones is 2. The Labute approximate surface area is 687 Å². The Morgan fingerprint density at radius 2 is 0.840 bits per heavy atom. The maximum atomic E-state index is 15.4. The molecule has 13 rings (SSSR count). The highest BCUT2D eigenvalue weighted by Crippen LogP contribution is 2.67. The fourth-order valence-corrected chi connectivity index (χ4v) is 19.7. The number of carbonyl (C=O) groups is 11. The molecular formula is C90H102N2O27. The number of aliphatic hydroxyl groups is 7. The highest BCUT2D eigenvalue weighted by Gasteiger charge is 2.81. The molecule has 2 aliphatic heterocycles. The Hall–Kier alpha value is -10.5. The molecule has 5 aromatic rings. The lowest BCUT2D eigenvalue weighted by Gasteiger charge is -2.67. The number of benzene rings is 5. The predicted molar refractivity (Wildman–Crippen MR) is 419 cm³/mol. The number of esters is 7. The number of hydrogen-bond acceptors (Lipinski definition) is 27. The van der Waals surface area contributed by atoms with Crippen LogP contribution in [0, 0.1) is 33.5 Å². The molecule has 0 spiro atoms. The van der Waals surface area contributed by atoms with Crippen LogP contribution in [0.3, 0.4) is 0 Å². The first-order valence-corrected chi connectivity index (χ1v) is 39.5. The average Bonchev–Trinajstić information content (AvgIpc) is 0.672. The van der Waals surface area contributed by atoms with Crippen LogP contribution < -0.4 is 10.6 Å². The smallest absolute Gasteiger partial charge is 0.338 e. The highest BCUT2D eigenvalue weighted by molar-refractivity contribution is 5.98. The summed E-state index contributed by atoms with van der Waals surface area (Å²) in [7, 11) is 0. The zero-order chi connectivity index (χ0) is 86.8. The van der Waals surface area contributed by atoms with Gasteiger partial charge in [-0.3, -0.25) is 33.6 Å². The quantitative estimate of drug-likeness (QED) is 0.0183. The molecule has 22 atom stereocenters. The first-order chi connectivity index (χ1) is 56.0. The third kappa shape index (κ3) is 15.1. The Bertz CT molecular complexity index is 4880. The van der Waals surface area contributed by atoms with Crippen LogP contribution in [0.4, 0.5) is 0 Å². The van der Waals surface area contributed by atoms with Crippen LogP contribution in [-0.4, -0.2) is 210 Å². The van der Waals surface area contributed by atoms with E-state index >= 15 is 4.79 Å². The summed E-state index contributed by atoms with van der Waals surface area (Å²) in [6.45, 7) is 18.1. The SMILES string of the molecule is C/C=C(\C)C(=O)N[C@@H](c1ccccc1)[C@@H](O)C(=O)O[C@H]1C[C@@]2(O)[C@@H](OC(=O)c3ccccc3)[C@@H]3[C@]4(OC(C)=O)CO[C@@H]4C[C@H](O)[C@@]3(C)C(=O)[C@H](OC(C)=O)C(=C1C)C2(C)C.CC(=O)O[C@@]12CO[C@@H]1C[C@H](O)[C@@]1(C)C(=O)[C@H](O)C3=C(C)[C@@H](OC(=O)[C@H](O)[C@@H](NC(=O)c4ccccc4)c4ccccc4)C[C@](O)([C@@H](OC(=O)c4ccccc4)[C@H]21)C3(C)C. The van der Waals surface area contributed by atoms with Crippen molar-refractivity contribution in [2.24, 2.45) is 33.5 Å². The zero-order valence-corrected chi connectivity index (χ0v) is 68.3. The lowest BCUT2D eigenvalue weighted by Crippen LogP contribution is -2.82. The van der Waals surface area contributed by atoms with Crippen molar-refractivity contribution in [2.75, 3.05) is 13.2 Å². The Kier molecular flexibility index (Phi) is 24.6. The van der Waals surface area contributed by atoms with Gasteiger partial charge in [0.15, 0.2) is 41.1 Å². The van der Waals surface area contributed by atoms with Gasteiger partial charge in [0.05, 0.1) is 71.3 Å². The van der Waals surface area contributed by atoms with Gasteiger partial charge in [0.25, 0.3) is 5.91 Å². The summed E-state index contributed by atoms with van der Waals surface area (Å²) in [5, 5.41) is 91.9. The van der Waals surface area contributed by atoms with Crippen LogP contribution >= 0.6 is 0 Å². The molecule has 9 N–H and O–H groups in total. The molecule has 2 saturated heterocycles. The second-order valence-corrected chi connectivity index (χ2v) is 33.7. The molecule has 6 fully saturated rings. The van der Waals surface area contributed by atoms with E-state index in [4.69, 9.17) is 42.6 Å². The van der Waals surface area contributed by atoms with Crippen LogP contribution in [0.2, 0.25) is 0 Å². The summed E-state index contributed by atoms with van der Waals surface area (Å²) in [5.41, 5.74) is -13.8. The summed E-state index contributed by atoms with van der Waals surface area (Å²) >= 11 is 0. The van der Waals surface area contributed by atoms with Crippen molar-refractivity contribution in [1.82, 2.24) is 10.6 Å². The van der Waals surface area contributed by atoms with Crippen molar-refractivity contribution in [1.29, 1.82) is 0 Å². The summed E-state index contributed by atoms with van der Waals surface area (Å²) in [4.78, 5) is 152. The second kappa shape index (κ2) is 33.3. The highest BCUT2D eigenvalue weighted by atomic mass is 16.6. The van der Waals surface area contributed by atoms with E-state index in [1.54, 1.807) is 175 Å². The molecule has 8 aliphatic rings. The molecule has 29 heteroatoms. The van der Waals surface area contributed by atoms with E-state index in [1.807, 2.05) is 0 Å². The van der Waals surface area contributed by atoms with Crippen molar-refractivity contribution >= 4 is 65.2 Å². The molecule has 634 valence electrons. The molecule has 119 heavy (non-hydrogen) atoms. The van der Waals surface area contributed by atoms with Gasteiger partial charge in [-0.15, -0.1) is 0 Å². The fourth-order valence-electron chi connectivity index (χ4n) is 19.7. The number of hydrogen-bond donors (Lipinski definition) is 9. The van der Waals surface area contributed by atoms with E-state index in [9.17, 15) is 83.7 Å². The van der Waals surface area contributed by atoms with Gasteiger partial charge >= 0.3 is 41.8 Å². The Balaban J connectivity index is 0.000000219. The molecule has 4 bridgehead atoms. The number of rotatable bonds is 19. The topological polar surface area (TPSA) is 437 Å². The third-order valence-corrected chi connectivity index (χ3v) is 26.5. The normalized spacial score (nSPS) is 33.0. The molecular weight excluding hydrogens is 1540 g/mol. The third-order valence-electron chi connectivity index (χ3n) is 26.5. The molecule has 29 nitrogen and oxygen atoms in total. The molecule has 4 saturated carbocycles. The van der Waals surface area contributed by atoms with Gasteiger partial charge in [-0.1, -0.05) is 149 Å². The van der Waals surface area contributed by atoms with Crippen molar-refractivity contribution in [2.45, 2.75) is 223 Å². The standard InChI is InChI=1S/C45H53NO14.C45H49NO13/c1-9-23(2)39(52)46-33(27-16-12-10-13-17-27)34(50)41(54)58-29-21-45(55)38(59-40(53)28-18-14-11-15-19-28)36-43(8,30(49)20-31-44(36,22-56-31)60-26(5)48)37(51)35(57-25(4)47)32(24(29)3)42(45,6)7;1-24-29(57-41(54)35(50)33(26-15-9-6-10-16-26)46-39(52)27-17-11-7-12-18-27)22-45(55)38(58-40(53)28-19-13-8-14-20-28)36-43(5,37(51)34(49)32(24)42(45,3)4)30(48)21-31-44(36,23-56-31)59-25(2)47/h9-19,29-31,33-36,38,49-50,55H,20-22H2,1-8H3,(H,46,52);6-20,29-31,33-36,38,48-50,55H,21-23H2,1-5H3,(H,46,52)/b23-9+;/t29-,30-,31+,33-,34+,35+,36-,38-,43+,44-,45+;29-,30-,31+,33-,34+,35+,36-,38-,43+,44-,45-/m00/s1. The van der Waals surface area contributed by atoms with E-state index < -0.39 is 219 Å². The molecule has 2 heterocycles. The van der Waals surface area contributed by atoms with E-state index in [0.717, 1.165) is 20.8 Å². The molecule has 2 amide bonds. The average molecular weight is 1640 g/mol. The number of fused-ring (bicyclic) bond motifs is 10. The van der Waals surface area contributed by atoms with Gasteiger partial charge < -0.3 is 89.0 Å². The molecule has 5 aromatic carbocycles. The largest absolute Gasteiger partial charge is 0.456 e. The second-order valence-electron chi connectivity index (χ2n) is 33.7. The molecule has 0 aromatic heterocycles. The van der Waals surface area contributed by atoms with Crippen LogP contribution in [0.15, 0.2) is 186 Å². The summed E-state index contributed by atoms with van der Waals surface area (Å²) in [5.74, 6) is -12.7. The van der Waals surface area contributed by atoms with Crippen molar-refractivity contribution in [3.05, 3.63) is 213 Å². The van der Waals surface area contributed by atoms with E-state index in [2.05, 4.69) is 10.6 Å². The van der Waals surface area contributed by atoms with Gasteiger partial charge in [0.2, 0.25) is 5.91 Å². The lowest BCUT2D eigenvalue weighted by atomic mass is 9.44. The number of amides is 2. The lowest BCUT2D eigenvalue weighted by molar-refractivity contribution is -0.346. The first-order valence-electron chi connectivity index (χ1n) is 39.5. The minimum Gasteiger partial charge on any atom is -0.456 e. The zero-order valence-electron chi connectivity index (χ0n) is 68.3. The molecule has 0 radical (unpaired) electrons. The van der Waals surface area contributed by atoms with Crippen molar-refractivity contribution in [3.8, 4) is 0 Å². The minimum absolute atomic E-state index is 0.00140. The van der Waals surface area contributed by atoms with Crippen LogP contribution in [0.25, 0.3) is 0 Å². The maximum Gasteiger partial charge on any atom is 0.338 e. The summed E-state index contributed by atoms with van der Waals surface area (Å²) < 4.78 is 54.4. The number of aliphatic hydroxyl groups excluding tert-OH is 5. The molecule has 0 unspecified atom stereocenters. The van der Waals surface area contributed by atoms with Gasteiger partial charge in [-0.05, 0) is 111 Å².